The van der Waals surface area contributed by atoms with E-state index in [1.165, 1.54) is 9.87 Å². The number of aromatic nitrogens is 2. The molecule has 7 nitrogen and oxygen atoms in total. The molecule has 0 atom stereocenters. The summed E-state index contributed by atoms with van der Waals surface area (Å²) in [5.41, 5.74) is 4.49. The fraction of sp³-hybridized carbons (Fsp3) is 0.333. The Morgan fingerprint density at radius 3 is 2.38 bits per heavy atom. The van der Waals surface area contributed by atoms with Crippen LogP contribution in [0, 0.1) is 0 Å². The Morgan fingerprint density at radius 1 is 0.906 bits per heavy atom. The molecule has 1 saturated heterocycles. The van der Waals surface area contributed by atoms with Crippen molar-refractivity contribution in [3.05, 3.63) is 71.4 Å². The Hall–Kier alpha value is -2.97. The molecule has 1 aromatic heterocycles. The van der Waals surface area contributed by atoms with Gasteiger partial charge in [-0.05, 0) is 48.9 Å². The minimum atomic E-state index is -3.57. The standard InChI is InChI=1S/C24H26N4O3S/c29-24(22-17-25-26-23(22)19-7-2-1-3-8-19)27-12-14-28(15-13-27)32(30,31)21-11-10-18-6-4-5-9-20(18)16-21/h1-3,7-8,10-11,16-17H,4-6,9,12-15H2,(H,25,26). The maximum Gasteiger partial charge on any atom is 0.257 e. The summed E-state index contributed by atoms with van der Waals surface area (Å²) in [6.07, 6.45) is 5.78. The van der Waals surface area contributed by atoms with E-state index in [-0.39, 0.29) is 19.0 Å². The van der Waals surface area contributed by atoms with Crippen LogP contribution in [-0.4, -0.2) is 59.9 Å². The number of hydrogen-bond acceptors (Lipinski definition) is 4. The first-order valence-electron chi connectivity index (χ1n) is 11.0. The lowest BCUT2D eigenvalue weighted by Gasteiger charge is -2.34. The molecule has 5 rings (SSSR count). The number of H-pyrrole nitrogens is 1. The van der Waals surface area contributed by atoms with Gasteiger partial charge in [-0.2, -0.15) is 9.40 Å². The van der Waals surface area contributed by atoms with Crippen LogP contribution in [0.1, 0.15) is 34.3 Å². The number of fused-ring (bicyclic) bond motifs is 1. The lowest BCUT2D eigenvalue weighted by Crippen LogP contribution is -2.50. The zero-order valence-electron chi connectivity index (χ0n) is 17.8. The van der Waals surface area contributed by atoms with Gasteiger partial charge in [-0.1, -0.05) is 36.4 Å². The number of sulfonamides is 1. The van der Waals surface area contributed by atoms with E-state index in [0.29, 0.717) is 29.2 Å². The predicted molar refractivity (Wildman–Crippen MR) is 122 cm³/mol. The van der Waals surface area contributed by atoms with Crippen molar-refractivity contribution in [1.29, 1.82) is 0 Å². The van der Waals surface area contributed by atoms with Crippen LogP contribution in [0.5, 0.6) is 0 Å². The van der Waals surface area contributed by atoms with Gasteiger partial charge in [0.15, 0.2) is 0 Å². The van der Waals surface area contributed by atoms with E-state index in [1.54, 1.807) is 17.2 Å². The maximum atomic E-state index is 13.2. The number of benzene rings is 2. The summed E-state index contributed by atoms with van der Waals surface area (Å²) in [5.74, 6) is -0.136. The number of nitrogens with zero attached hydrogens (tertiary/aromatic N) is 3. The first-order valence-corrected chi connectivity index (χ1v) is 12.5. The van der Waals surface area contributed by atoms with E-state index in [4.69, 9.17) is 0 Å². The Kier molecular flexibility index (Phi) is 5.57. The van der Waals surface area contributed by atoms with Crippen molar-refractivity contribution >= 4 is 15.9 Å². The molecule has 0 spiro atoms. The third-order valence-corrected chi connectivity index (χ3v) is 8.31. The molecule has 3 aromatic rings. The summed E-state index contributed by atoms with van der Waals surface area (Å²) >= 11 is 0. The first kappa shape index (κ1) is 20.9. The summed E-state index contributed by atoms with van der Waals surface area (Å²) in [6.45, 7) is 1.26. The quantitative estimate of drug-likeness (QED) is 0.662. The van der Waals surface area contributed by atoms with Crippen LogP contribution in [-0.2, 0) is 22.9 Å². The highest BCUT2D eigenvalue weighted by molar-refractivity contribution is 7.89. The molecular weight excluding hydrogens is 424 g/mol. The van der Waals surface area contributed by atoms with Crippen molar-refractivity contribution in [3.8, 4) is 11.3 Å². The molecule has 1 aliphatic carbocycles. The molecule has 0 radical (unpaired) electrons. The molecule has 0 unspecified atom stereocenters. The van der Waals surface area contributed by atoms with E-state index in [9.17, 15) is 13.2 Å². The molecule has 1 fully saturated rings. The summed E-state index contributed by atoms with van der Waals surface area (Å²) in [6, 6.07) is 15.1. The predicted octanol–water partition coefficient (Wildman–Crippen LogP) is 3.10. The number of nitrogens with one attached hydrogen (secondary N) is 1. The van der Waals surface area contributed by atoms with Crippen LogP contribution in [0.3, 0.4) is 0 Å². The Morgan fingerprint density at radius 2 is 1.62 bits per heavy atom. The molecule has 2 aliphatic rings. The molecule has 2 aromatic carbocycles. The number of aryl methyl sites for hydroxylation is 2. The van der Waals surface area contributed by atoms with Crippen LogP contribution in [0.4, 0.5) is 0 Å². The van der Waals surface area contributed by atoms with Gasteiger partial charge in [0.05, 0.1) is 22.3 Å². The largest absolute Gasteiger partial charge is 0.336 e. The van der Waals surface area contributed by atoms with Crippen LogP contribution < -0.4 is 0 Å². The topological polar surface area (TPSA) is 86.4 Å². The summed E-state index contributed by atoms with van der Waals surface area (Å²) in [5, 5.41) is 6.98. The number of carbonyl (C=O) groups excluding carboxylic acids is 1. The van der Waals surface area contributed by atoms with Crippen molar-refractivity contribution < 1.29 is 13.2 Å². The molecule has 2 heterocycles. The van der Waals surface area contributed by atoms with Crippen LogP contribution in [0.15, 0.2) is 59.6 Å². The van der Waals surface area contributed by atoms with E-state index < -0.39 is 10.0 Å². The number of amides is 1. The second-order valence-electron chi connectivity index (χ2n) is 8.36. The van der Waals surface area contributed by atoms with E-state index in [0.717, 1.165) is 36.8 Å². The highest BCUT2D eigenvalue weighted by atomic mass is 32.2. The van der Waals surface area contributed by atoms with Crippen LogP contribution in [0.25, 0.3) is 11.3 Å². The average Bonchev–Trinajstić information content (AvgIpc) is 3.34. The van der Waals surface area contributed by atoms with Crippen molar-refractivity contribution in [2.75, 3.05) is 26.2 Å². The van der Waals surface area contributed by atoms with Crippen molar-refractivity contribution in [2.24, 2.45) is 0 Å². The van der Waals surface area contributed by atoms with Gasteiger partial charge in [0, 0.05) is 31.7 Å². The zero-order chi connectivity index (χ0) is 22.1. The Labute approximate surface area is 188 Å². The molecule has 32 heavy (non-hydrogen) atoms. The number of carbonyl (C=O) groups is 1. The van der Waals surface area contributed by atoms with Crippen LogP contribution in [0.2, 0.25) is 0 Å². The molecule has 0 bridgehead atoms. The lowest BCUT2D eigenvalue weighted by atomic mass is 9.92. The molecular formula is C24H26N4O3S. The number of rotatable bonds is 4. The van der Waals surface area contributed by atoms with Gasteiger partial charge in [0.25, 0.3) is 5.91 Å². The fourth-order valence-electron chi connectivity index (χ4n) is 4.59. The minimum Gasteiger partial charge on any atom is -0.336 e. The molecule has 1 aliphatic heterocycles. The van der Waals surface area contributed by atoms with Crippen molar-refractivity contribution in [1.82, 2.24) is 19.4 Å². The third-order valence-electron chi connectivity index (χ3n) is 6.42. The van der Waals surface area contributed by atoms with Gasteiger partial charge < -0.3 is 4.90 Å². The lowest BCUT2D eigenvalue weighted by molar-refractivity contribution is 0.0698. The molecule has 1 amide bonds. The average molecular weight is 451 g/mol. The Balaban J connectivity index is 1.29. The van der Waals surface area contributed by atoms with Gasteiger partial charge in [-0.3, -0.25) is 9.89 Å². The number of piperazine rings is 1. The summed E-state index contributed by atoms with van der Waals surface area (Å²) < 4.78 is 27.9. The van der Waals surface area contributed by atoms with Crippen LogP contribution >= 0.6 is 0 Å². The van der Waals surface area contributed by atoms with Gasteiger partial charge in [-0.25, -0.2) is 8.42 Å². The smallest absolute Gasteiger partial charge is 0.257 e. The van der Waals surface area contributed by atoms with E-state index in [2.05, 4.69) is 10.2 Å². The van der Waals surface area contributed by atoms with Gasteiger partial charge in [0.2, 0.25) is 10.0 Å². The monoisotopic (exact) mass is 450 g/mol. The number of aromatic amines is 1. The SMILES string of the molecule is O=C(c1cn[nH]c1-c1ccccc1)N1CCN(S(=O)(=O)c2ccc3c(c2)CCCC3)CC1. The van der Waals surface area contributed by atoms with Gasteiger partial charge >= 0.3 is 0 Å². The molecule has 1 N–H and O–H groups in total. The Bertz CT molecular complexity index is 1230. The van der Waals surface area contributed by atoms with Gasteiger partial charge in [0.1, 0.15) is 0 Å². The van der Waals surface area contributed by atoms with E-state index in [1.807, 2.05) is 42.5 Å². The second kappa shape index (κ2) is 8.52. The van der Waals surface area contributed by atoms with Gasteiger partial charge in [-0.15, -0.1) is 0 Å². The van der Waals surface area contributed by atoms with E-state index >= 15 is 0 Å². The third kappa shape index (κ3) is 3.84. The second-order valence-corrected chi connectivity index (χ2v) is 10.3. The number of hydrogen-bond donors (Lipinski definition) is 1. The normalized spacial score (nSPS) is 17.2. The maximum absolute atomic E-state index is 13.2. The summed E-state index contributed by atoms with van der Waals surface area (Å²) in [7, 11) is -3.57. The highest BCUT2D eigenvalue weighted by Gasteiger charge is 2.32. The highest BCUT2D eigenvalue weighted by Crippen LogP contribution is 2.27. The van der Waals surface area contributed by atoms with Crippen molar-refractivity contribution in [3.63, 3.8) is 0 Å². The first-order chi connectivity index (χ1) is 15.5. The molecule has 0 saturated carbocycles. The minimum absolute atomic E-state index is 0.136. The summed E-state index contributed by atoms with van der Waals surface area (Å²) in [4.78, 5) is 15.2. The van der Waals surface area contributed by atoms with Crippen molar-refractivity contribution in [2.45, 2.75) is 30.6 Å². The molecule has 8 heteroatoms. The zero-order valence-corrected chi connectivity index (χ0v) is 18.6. The molecule has 166 valence electrons. The fourth-order valence-corrected chi connectivity index (χ4v) is 6.07.